The highest BCUT2D eigenvalue weighted by atomic mass is 32.1. The molecule has 0 N–H and O–H groups in total. The fourth-order valence-corrected chi connectivity index (χ4v) is 5.08. The van der Waals surface area contributed by atoms with Crippen LogP contribution in [0.25, 0.3) is 32.2 Å². The molecule has 0 aliphatic heterocycles. The molecule has 196 valence electrons. The summed E-state index contributed by atoms with van der Waals surface area (Å²) in [4.78, 5) is 19.1. The van der Waals surface area contributed by atoms with Gasteiger partial charge in [-0.05, 0) is 35.9 Å². The first-order valence-corrected chi connectivity index (χ1v) is 14.0. The second-order valence-corrected chi connectivity index (χ2v) is 10.3. The fourth-order valence-electron chi connectivity index (χ4n) is 4.26. The predicted octanol–water partition coefficient (Wildman–Crippen LogP) is 6.22. The van der Waals surface area contributed by atoms with Gasteiger partial charge in [-0.3, -0.25) is 4.68 Å². The SMILES string of the molecule is CCCCCCCCCCn1cc(-c2nnc(-c3ccc(C(=O)On4nnc5ccccc54)cc3)s2)cn1. The summed E-state index contributed by atoms with van der Waals surface area (Å²) in [6, 6.07) is 14.4. The van der Waals surface area contributed by atoms with Gasteiger partial charge >= 0.3 is 5.97 Å². The molecular formula is C28H31N7O2S. The summed E-state index contributed by atoms with van der Waals surface area (Å²) < 4.78 is 1.99. The summed E-state index contributed by atoms with van der Waals surface area (Å²) >= 11 is 1.50. The van der Waals surface area contributed by atoms with Crippen molar-refractivity contribution < 1.29 is 9.63 Å². The van der Waals surface area contributed by atoms with Crippen molar-refractivity contribution in [2.75, 3.05) is 0 Å². The third-order valence-electron chi connectivity index (χ3n) is 6.40. The fraction of sp³-hybridized carbons (Fsp3) is 0.357. The van der Waals surface area contributed by atoms with Gasteiger partial charge < -0.3 is 4.84 Å². The Morgan fingerprint density at radius 3 is 2.34 bits per heavy atom. The van der Waals surface area contributed by atoms with Crippen molar-refractivity contribution >= 4 is 28.3 Å². The maximum atomic E-state index is 12.6. The van der Waals surface area contributed by atoms with Crippen LogP contribution in [0, 0.1) is 0 Å². The minimum Gasteiger partial charge on any atom is -0.312 e. The number of carbonyl (C=O) groups is 1. The Morgan fingerprint density at radius 2 is 1.55 bits per heavy atom. The van der Waals surface area contributed by atoms with Crippen LogP contribution in [0.2, 0.25) is 0 Å². The van der Waals surface area contributed by atoms with Crippen molar-refractivity contribution in [3.63, 3.8) is 0 Å². The molecule has 2 aromatic carbocycles. The lowest BCUT2D eigenvalue weighted by Crippen LogP contribution is -2.20. The zero-order valence-corrected chi connectivity index (χ0v) is 22.3. The zero-order chi connectivity index (χ0) is 26.2. The largest absolute Gasteiger partial charge is 0.365 e. The predicted molar refractivity (Wildman–Crippen MR) is 148 cm³/mol. The standard InChI is InChI=1S/C28H31N7O2S/c1-2-3-4-5-6-7-8-11-18-34-20-23(19-29-34)27-32-31-26(38-27)21-14-16-22(17-15-21)28(36)37-35-25-13-10-9-12-24(25)30-33-35/h9-10,12-17,19-20H,2-8,11,18H2,1H3. The van der Waals surface area contributed by atoms with Crippen LogP contribution >= 0.6 is 11.3 Å². The topological polar surface area (TPSA) is 101 Å². The number of hydrogen-bond acceptors (Lipinski definition) is 8. The number of hydrogen-bond donors (Lipinski definition) is 0. The molecule has 0 amide bonds. The number of fused-ring (bicyclic) bond motifs is 1. The molecule has 0 saturated heterocycles. The summed E-state index contributed by atoms with van der Waals surface area (Å²) in [7, 11) is 0. The van der Waals surface area contributed by atoms with Crippen molar-refractivity contribution in [1.29, 1.82) is 0 Å². The first-order chi connectivity index (χ1) is 18.7. The molecule has 0 bridgehead atoms. The van der Waals surface area contributed by atoms with E-state index < -0.39 is 5.97 Å². The molecule has 0 unspecified atom stereocenters. The molecule has 3 aromatic heterocycles. The van der Waals surface area contributed by atoms with Crippen molar-refractivity contribution in [2.45, 2.75) is 64.8 Å². The van der Waals surface area contributed by atoms with E-state index in [0.717, 1.165) is 39.0 Å². The van der Waals surface area contributed by atoms with Gasteiger partial charge in [0, 0.05) is 18.3 Å². The van der Waals surface area contributed by atoms with Crippen molar-refractivity contribution in [1.82, 2.24) is 35.1 Å². The first-order valence-electron chi connectivity index (χ1n) is 13.2. The molecule has 0 aliphatic rings. The van der Waals surface area contributed by atoms with Crippen molar-refractivity contribution in [3.05, 3.63) is 66.5 Å². The molecule has 0 saturated carbocycles. The summed E-state index contributed by atoms with van der Waals surface area (Å²) in [5, 5.41) is 22.7. The van der Waals surface area contributed by atoms with Crippen LogP contribution in [0.4, 0.5) is 0 Å². The summed E-state index contributed by atoms with van der Waals surface area (Å²) in [6.07, 6.45) is 14.3. The molecule has 0 spiro atoms. The summed E-state index contributed by atoms with van der Waals surface area (Å²) in [5.41, 5.74) is 3.53. The van der Waals surface area contributed by atoms with E-state index in [1.807, 2.05) is 41.3 Å². The number of aryl methyl sites for hydroxylation is 1. The average molecular weight is 530 g/mol. The molecule has 0 aliphatic carbocycles. The van der Waals surface area contributed by atoms with E-state index in [1.165, 1.54) is 56.3 Å². The van der Waals surface area contributed by atoms with Crippen LogP contribution in [-0.2, 0) is 6.54 Å². The van der Waals surface area contributed by atoms with Crippen LogP contribution < -0.4 is 4.84 Å². The zero-order valence-electron chi connectivity index (χ0n) is 21.5. The minimum atomic E-state index is -0.519. The molecule has 9 nitrogen and oxygen atoms in total. The van der Waals surface area contributed by atoms with Gasteiger partial charge in [-0.15, -0.1) is 15.3 Å². The molecule has 3 heterocycles. The lowest BCUT2D eigenvalue weighted by Gasteiger charge is -2.04. The molecule has 5 aromatic rings. The number of aromatic nitrogens is 7. The highest BCUT2D eigenvalue weighted by molar-refractivity contribution is 7.17. The molecule has 38 heavy (non-hydrogen) atoms. The monoisotopic (exact) mass is 529 g/mol. The van der Waals surface area contributed by atoms with Crippen molar-refractivity contribution in [2.24, 2.45) is 0 Å². The average Bonchev–Trinajstić information content (AvgIpc) is 3.71. The van der Waals surface area contributed by atoms with Gasteiger partial charge in [0.2, 0.25) is 0 Å². The number of unbranched alkanes of at least 4 members (excludes halogenated alkanes) is 7. The number of para-hydroxylation sites is 1. The molecule has 10 heteroatoms. The van der Waals surface area contributed by atoms with E-state index in [4.69, 9.17) is 4.84 Å². The third-order valence-corrected chi connectivity index (χ3v) is 7.43. The Kier molecular flexibility index (Phi) is 8.49. The van der Waals surface area contributed by atoms with Gasteiger partial charge in [-0.25, -0.2) is 4.79 Å². The Balaban J connectivity index is 1.14. The van der Waals surface area contributed by atoms with Gasteiger partial charge in [0.1, 0.15) is 16.0 Å². The summed E-state index contributed by atoms with van der Waals surface area (Å²) in [6.45, 7) is 3.17. The minimum absolute atomic E-state index is 0.403. The van der Waals surface area contributed by atoms with Crippen LogP contribution in [0.5, 0.6) is 0 Å². The van der Waals surface area contributed by atoms with Gasteiger partial charge in [0.15, 0.2) is 5.01 Å². The molecular weight excluding hydrogens is 498 g/mol. The Hall–Kier alpha value is -3.92. The van der Waals surface area contributed by atoms with Crippen LogP contribution in [0.1, 0.15) is 68.6 Å². The quantitative estimate of drug-likeness (QED) is 0.132. The second kappa shape index (κ2) is 12.6. The Bertz CT molecular complexity index is 1470. The molecule has 0 radical (unpaired) electrons. The van der Waals surface area contributed by atoms with Gasteiger partial charge in [-0.2, -0.15) is 5.10 Å². The third kappa shape index (κ3) is 6.31. The number of rotatable bonds is 13. The highest BCUT2D eigenvalue weighted by Gasteiger charge is 2.15. The number of benzene rings is 2. The summed E-state index contributed by atoms with van der Waals surface area (Å²) in [5.74, 6) is -0.519. The van der Waals surface area contributed by atoms with Crippen molar-refractivity contribution in [3.8, 4) is 21.1 Å². The van der Waals surface area contributed by atoms with E-state index >= 15 is 0 Å². The van der Waals surface area contributed by atoms with E-state index in [0.29, 0.717) is 16.6 Å². The number of carbonyl (C=O) groups excluding carboxylic acids is 1. The van der Waals surface area contributed by atoms with Gasteiger partial charge in [0.25, 0.3) is 0 Å². The van der Waals surface area contributed by atoms with E-state index in [9.17, 15) is 4.79 Å². The maximum absolute atomic E-state index is 12.6. The van der Waals surface area contributed by atoms with E-state index in [2.05, 4.69) is 32.5 Å². The first kappa shape index (κ1) is 25.7. The van der Waals surface area contributed by atoms with E-state index in [1.54, 1.807) is 24.3 Å². The Labute approximate surface area is 225 Å². The maximum Gasteiger partial charge on any atom is 0.365 e. The smallest absolute Gasteiger partial charge is 0.312 e. The van der Waals surface area contributed by atoms with Gasteiger partial charge in [0.05, 0.1) is 17.3 Å². The Morgan fingerprint density at radius 1 is 0.842 bits per heavy atom. The number of nitrogens with zero attached hydrogens (tertiary/aromatic N) is 7. The van der Waals surface area contributed by atoms with Crippen LogP contribution in [0.3, 0.4) is 0 Å². The lowest BCUT2D eigenvalue weighted by atomic mass is 10.1. The molecule has 0 fully saturated rings. The normalized spacial score (nSPS) is 11.3. The second-order valence-electron chi connectivity index (χ2n) is 9.29. The van der Waals surface area contributed by atoms with Crippen LogP contribution in [0.15, 0.2) is 60.9 Å². The highest BCUT2D eigenvalue weighted by Crippen LogP contribution is 2.30. The van der Waals surface area contributed by atoms with Gasteiger partial charge in [-0.1, -0.05) is 92.3 Å². The van der Waals surface area contributed by atoms with E-state index in [-0.39, 0.29) is 0 Å². The van der Waals surface area contributed by atoms with Crippen LogP contribution in [-0.4, -0.2) is 41.1 Å². The molecule has 0 atom stereocenters. The molecule has 5 rings (SSSR count). The lowest BCUT2D eigenvalue weighted by molar-refractivity contribution is 0.0409.